The highest BCUT2D eigenvalue weighted by atomic mass is 35.5. The molecule has 0 unspecified atom stereocenters. The molecule has 22 heavy (non-hydrogen) atoms. The summed E-state index contributed by atoms with van der Waals surface area (Å²) in [6, 6.07) is 3.63. The minimum atomic E-state index is -1.54. The standard InChI is InChI=1S/C14H16ClFN2O4/c15-10-5-9(1-2-11(10)16)13(20)18-3-4-22-8-14(21,7-18)6-12(17)19/h1-2,5,21H,3-4,6-8H2,(H2,17,19)/t14-/m0/s1. The van der Waals surface area contributed by atoms with Gasteiger partial charge in [-0.25, -0.2) is 4.39 Å². The Bertz CT molecular complexity index is 598. The molecule has 0 radical (unpaired) electrons. The summed E-state index contributed by atoms with van der Waals surface area (Å²) in [6.07, 6.45) is -0.318. The lowest BCUT2D eigenvalue weighted by Crippen LogP contribution is -2.48. The topological polar surface area (TPSA) is 92.9 Å². The average Bonchev–Trinajstić information content (AvgIpc) is 2.62. The van der Waals surface area contributed by atoms with E-state index in [1.807, 2.05) is 0 Å². The van der Waals surface area contributed by atoms with Crippen molar-refractivity contribution in [2.24, 2.45) is 5.73 Å². The van der Waals surface area contributed by atoms with Crippen molar-refractivity contribution in [1.29, 1.82) is 0 Å². The number of rotatable bonds is 3. The van der Waals surface area contributed by atoms with Gasteiger partial charge in [0.1, 0.15) is 11.4 Å². The van der Waals surface area contributed by atoms with Crippen LogP contribution in [0.4, 0.5) is 4.39 Å². The molecule has 1 atom stereocenters. The number of hydrogen-bond acceptors (Lipinski definition) is 4. The molecule has 1 aliphatic rings. The lowest BCUT2D eigenvalue weighted by molar-refractivity contribution is -0.125. The fraction of sp³-hybridized carbons (Fsp3) is 0.429. The number of hydrogen-bond donors (Lipinski definition) is 2. The van der Waals surface area contributed by atoms with Crippen LogP contribution in [0.3, 0.4) is 0 Å². The summed E-state index contributed by atoms with van der Waals surface area (Å²) in [5.74, 6) is -1.75. The quantitative estimate of drug-likeness (QED) is 0.847. The first-order chi connectivity index (χ1) is 10.3. The molecule has 120 valence electrons. The van der Waals surface area contributed by atoms with Crippen LogP contribution in [0.15, 0.2) is 18.2 Å². The Hall–Kier alpha value is -1.70. The summed E-state index contributed by atoms with van der Waals surface area (Å²) in [4.78, 5) is 24.8. The molecule has 1 saturated heterocycles. The van der Waals surface area contributed by atoms with Crippen molar-refractivity contribution in [1.82, 2.24) is 4.90 Å². The van der Waals surface area contributed by atoms with Gasteiger partial charge in [0.05, 0.1) is 31.2 Å². The van der Waals surface area contributed by atoms with E-state index in [1.165, 1.54) is 17.0 Å². The van der Waals surface area contributed by atoms with Crippen molar-refractivity contribution in [2.75, 3.05) is 26.3 Å². The summed E-state index contributed by atoms with van der Waals surface area (Å²) >= 11 is 5.67. The number of ether oxygens (including phenoxy) is 1. The Morgan fingerprint density at radius 3 is 2.86 bits per heavy atom. The molecule has 0 bridgehead atoms. The molecule has 2 rings (SSSR count). The van der Waals surface area contributed by atoms with Gasteiger partial charge < -0.3 is 20.5 Å². The second kappa shape index (κ2) is 6.60. The van der Waals surface area contributed by atoms with Gasteiger partial charge in [-0.3, -0.25) is 9.59 Å². The van der Waals surface area contributed by atoms with E-state index in [1.54, 1.807) is 0 Å². The number of halogens is 2. The van der Waals surface area contributed by atoms with Crippen molar-refractivity contribution in [2.45, 2.75) is 12.0 Å². The first-order valence-corrected chi connectivity index (χ1v) is 7.01. The molecular formula is C14H16ClFN2O4. The monoisotopic (exact) mass is 330 g/mol. The summed E-state index contributed by atoms with van der Waals surface area (Å²) in [6.45, 7) is 0.240. The molecule has 1 aromatic rings. The van der Waals surface area contributed by atoms with Gasteiger partial charge in [0.15, 0.2) is 0 Å². The van der Waals surface area contributed by atoms with Gasteiger partial charge in [-0.15, -0.1) is 0 Å². The summed E-state index contributed by atoms with van der Waals surface area (Å²) in [5, 5.41) is 10.2. The maximum atomic E-state index is 13.2. The van der Waals surface area contributed by atoms with Gasteiger partial charge in [0, 0.05) is 12.1 Å². The number of aliphatic hydroxyl groups is 1. The third-order valence-electron chi connectivity index (χ3n) is 3.32. The van der Waals surface area contributed by atoms with E-state index in [9.17, 15) is 19.1 Å². The molecule has 8 heteroatoms. The smallest absolute Gasteiger partial charge is 0.254 e. The SMILES string of the molecule is NC(=O)C[C@@]1(O)COCCN(C(=O)c2ccc(F)c(Cl)c2)C1. The number of nitrogens with zero attached hydrogens (tertiary/aromatic N) is 1. The Kier molecular flexibility index (Phi) is 5.00. The minimum Gasteiger partial charge on any atom is -0.385 e. The van der Waals surface area contributed by atoms with Crippen LogP contribution in [0.25, 0.3) is 0 Å². The van der Waals surface area contributed by atoms with E-state index in [-0.39, 0.29) is 43.3 Å². The van der Waals surface area contributed by atoms with Crippen LogP contribution in [-0.2, 0) is 9.53 Å². The Balaban J connectivity index is 2.20. The van der Waals surface area contributed by atoms with Gasteiger partial charge in [-0.05, 0) is 18.2 Å². The number of primary amides is 1. The van der Waals surface area contributed by atoms with Gasteiger partial charge in [0.2, 0.25) is 5.91 Å². The molecule has 1 fully saturated rings. The van der Waals surface area contributed by atoms with Crippen LogP contribution < -0.4 is 5.73 Å². The van der Waals surface area contributed by atoms with E-state index >= 15 is 0 Å². The van der Waals surface area contributed by atoms with E-state index in [0.717, 1.165) is 6.07 Å². The lowest BCUT2D eigenvalue weighted by atomic mass is 9.99. The first-order valence-electron chi connectivity index (χ1n) is 6.63. The predicted octanol–water partition coefficient (Wildman–Crippen LogP) is 0.558. The molecule has 3 N–H and O–H groups in total. The molecule has 1 aromatic carbocycles. The third kappa shape index (κ3) is 3.94. The molecule has 0 aliphatic carbocycles. The maximum Gasteiger partial charge on any atom is 0.254 e. The fourth-order valence-electron chi connectivity index (χ4n) is 2.33. The van der Waals surface area contributed by atoms with Gasteiger partial charge in [-0.2, -0.15) is 0 Å². The van der Waals surface area contributed by atoms with Crippen LogP contribution in [-0.4, -0.2) is 53.7 Å². The van der Waals surface area contributed by atoms with Crippen molar-refractivity contribution >= 4 is 23.4 Å². The number of carbonyl (C=O) groups is 2. The Labute approximate surface area is 131 Å². The first kappa shape index (κ1) is 16.7. The van der Waals surface area contributed by atoms with Crippen molar-refractivity contribution in [3.05, 3.63) is 34.6 Å². The summed E-state index contributed by atoms with van der Waals surface area (Å²) in [7, 11) is 0. The summed E-state index contributed by atoms with van der Waals surface area (Å²) < 4.78 is 18.4. The fourth-order valence-corrected chi connectivity index (χ4v) is 2.51. The maximum absolute atomic E-state index is 13.2. The van der Waals surface area contributed by atoms with Crippen molar-refractivity contribution in [3.8, 4) is 0 Å². The predicted molar refractivity (Wildman–Crippen MR) is 76.9 cm³/mol. The van der Waals surface area contributed by atoms with E-state index in [0.29, 0.717) is 0 Å². The second-order valence-electron chi connectivity index (χ2n) is 5.28. The van der Waals surface area contributed by atoms with E-state index in [2.05, 4.69) is 0 Å². The number of benzene rings is 1. The molecule has 1 aliphatic heterocycles. The Morgan fingerprint density at radius 1 is 1.50 bits per heavy atom. The molecule has 1 heterocycles. The van der Waals surface area contributed by atoms with Crippen LogP contribution in [0.2, 0.25) is 5.02 Å². The van der Waals surface area contributed by atoms with Crippen LogP contribution in [0, 0.1) is 5.82 Å². The average molecular weight is 331 g/mol. The van der Waals surface area contributed by atoms with Gasteiger partial charge in [-0.1, -0.05) is 11.6 Å². The van der Waals surface area contributed by atoms with Crippen LogP contribution >= 0.6 is 11.6 Å². The van der Waals surface area contributed by atoms with Crippen molar-refractivity contribution in [3.63, 3.8) is 0 Å². The van der Waals surface area contributed by atoms with E-state index < -0.39 is 23.2 Å². The minimum absolute atomic E-state index is 0.0934. The normalized spacial score (nSPS) is 22.2. The number of nitrogens with two attached hydrogens (primary N) is 1. The van der Waals surface area contributed by atoms with Gasteiger partial charge >= 0.3 is 0 Å². The zero-order chi connectivity index (χ0) is 16.3. The van der Waals surface area contributed by atoms with Crippen molar-refractivity contribution < 1.29 is 23.8 Å². The highest BCUT2D eigenvalue weighted by Gasteiger charge is 2.36. The Morgan fingerprint density at radius 2 is 2.23 bits per heavy atom. The number of carbonyl (C=O) groups excluding carboxylic acids is 2. The summed E-state index contributed by atoms with van der Waals surface area (Å²) in [5.41, 5.74) is 3.76. The molecule has 0 spiro atoms. The molecule has 2 amide bonds. The molecular weight excluding hydrogens is 315 g/mol. The zero-order valence-electron chi connectivity index (χ0n) is 11.7. The largest absolute Gasteiger partial charge is 0.385 e. The number of β-amino-alcohol motifs (C(OH)–C–C–N with tert-alkyl or cyclic N) is 1. The zero-order valence-corrected chi connectivity index (χ0v) is 12.5. The van der Waals surface area contributed by atoms with Gasteiger partial charge in [0.25, 0.3) is 5.91 Å². The molecule has 0 aromatic heterocycles. The molecule has 6 nitrogen and oxygen atoms in total. The highest BCUT2D eigenvalue weighted by molar-refractivity contribution is 6.31. The van der Waals surface area contributed by atoms with Crippen LogP contribution in [0.5, 0.6) is 0 Å². The highest BCUT2D eigenvalue weighted by Crippen LogP contribution is 2.21. The molecule has 0 saturated carbocycles. The lowest BCUT2D eigenvalue weighted by Gasteiger charge is -2.29. The third-order valence-corrected chi connectivity index (χ3v) is 3.61. The van der Waals surface area contributed by atoms with E-state index in [4.69, 9.17) is 22.1 Å². The second-order valence-corrected chi connectivity index (χ2v) is 5.68. The van der Waals surface area contributed by atoms with Crippen LogP contribution in [0.1, 0.15) is 16.8 Å². The number of amides is 2.